The maximum absolute atomic E-state index is 12.5. The number of hydrogen-bond donors (Lipinski definition) is 1. The average Bonchev–Trinajstić information content (AvgIpc) is 3.11. The van der Waals surface area contributed by atoms with Crippen LogP contribution in [-0.4, -0.2) is 56.4 Å². The fourth-order valence-electron chi connectivity index (χ4n) is 4.98. The van der Waals surface area contributed by atoms with Crippen LogP contribution in [0, 0.1) is 5.92 Å². The number of aliphatic hydroxyl groups is 1. The summed E-state index contributed by atoms with van der Waals surface area (Å²) in [5.74, 6) is -1.08. The molecular weight excluding hydrogens is 616 g/mol. The Labute approximate surface area is 301 Å². The number of aliphatic hydroxyl groups excluding tert-OH is 1. The highest BCUT2D eigenvalue weighted by Crippen LogP contribution is 2.12. The molecule has 0 heterocycles. The summed E-state index contributed by atoms with van der Waals surface area (Å²) in [5.41, 5.74) is 0. The minimum Gasteiger partial charge on any atom is -0.465 e. The lowest BCUT2D eigenvalue weighted by Gasteiger charge is -2.19. The minimum absolute atomic E-state index is 0.00917. The number of rotatable bonds is 36. The molecule has 1 atom stereocenters. The van der Waals surface area contributed by atoms with Gasteiger partial charge in [0, 0.05) is 26.1 Å². The Kier molecular flexibility index (Phi) is 36.8. The molecule has 0 amide bonds. The maximum Gasteiger partial charge on any atom is 0.305 e. The molecule has 1 unspecified atom stereocenters. The number of allylic oxidation sites excluding steroid dienone is 8. The standard InChI is InChI=1S/C42H74O7/c1-4-7-10-13-16-17-18-19-20-21-22-23-24-25-28-31-40(44)48-37-39(36-43)38-49-41(45)32-33-42(46-34-29-26-14-11-8-5-2)47-35-30-27-15-12-9-6-3/h8-9,11-12,16-17,19-20,39,42-43H,4-7,10,13-15,18,21-38H2,1-3H3/b11-8-,12-9-,17-16-,20-19-. The first-order valence-corrected chi connectivity index (χ1v) is 19.8. The van der Waals surface area contributed by atoms with Crippen molar-refractivity contribution in [3.05, 3.63) is 48.6 Å². The average molecular weight is 691 g/mol. The number of carbonyl (C=O) groups excluding carboxylic acids is 2. The van der Waals surface area contributed by atoms with Gasteiger partial charge in [-0.15, -0.1) is 0 Å². The van der Waals surface area contributed by atoms with Gasteiger partial charge in [-0.3, -0.25) is 9.59 Å². The second-order valence-corrected chi connectivity index (χ2v) is 12.9. The van der Waals surface area contributed by atoms with Gasteiger partial charge in [-0.1, -0.05) is 101 Å². The molecule has 0 rings (SSSR count). The summed E-state index contributed by atoms with van der Waals surface area (Å²) >= 11 is 0. The highest BCUT2D eigenvalue weighted by Gasteiger charge is 2.17. The SMILES string of the molecule is CC/C=C\CCCCOC(CCC(=O)OCC(CO)COC(=O)CCCCCCC/C=C\C/C=C\CCCCC)OCCCC/C=C\CC. The van der Waals surface area contributed by atoms with E-state index in [-0.39, 0.29) is 38.2 Å². The normalized spacial score (nSPS) is 12.8. The number of hydrogen-bond acceptors (Lipinski definition) is 7. The first-order valence-electron chi connectivity index (χ1n) is 19.8. The van der Waals surface area contributed by atoms with Crippen molar-refractivity contribution in [1.29, 1.82) is 0 Å². The molecule has 0 aliphatic carbocycles. The van der Waals surface area contributed by atoms with E-state index in [0.29, 0.717) is 26.1 Å². The molecule has 1 N–H and O–H groups in total. The van der Waals surface area contributed by atoms with Crippen LogP contribution in [0.4, 0.5) is 0 Å². The van der Waals surface area contributed by atoms with Crippen molar-refractivity contribution in [1.82, 2.24) is 0 Å². The van der Waals surface area contributed by atoms with Crippen molar-refractivity contribution in [3.8, 4) is 0 Å². The van der Waals surface area contributed by atoms with Crippen molar-refractivity contribution in [3.63, 3.8) is 0 Å². The molecule has 284 valence electrons. The van der Waals surface area contributed by atoms with Crippen molar-refractivity contribution < 1.29 is 33.6 Å². The molecule has 0 bridgehead atoms. The highest BCUT2D eigenvalue weighted by atomic mass is 16.7. The van der Waals surface area contributed by atoms with Crippen molar-refractivity contribution in [2.24, 2.45) is 5.92 Å². The molecule has 49 heavy (non-hydrogen) atoms. The maximum atomic E-state index is 12.5. The van der Waals surface area contributed by atoms with E-state index in [1.54, 1.807) is 0 Å². The molecule has 0 aromatic carbocycles. The first kappa shape index (κ1) is 46.8. The van der Waals surface area contributed by atoms with Gasteiger partial charge < -0.3 is 24.1 Å². The smallest absolute Gasteiger partial charge is 0.305 e. The number of esters is 2. The minimum atomic E-state index is -0.450. The van der Waals surface area contributed by atoms with Crippen LogP contribution >= 0.6 is 0 Å². The Morgan fingerprint density at radius 3 is 1.55 bits per heavy atom. The van der Waals surface area contributed by atoms with Gasteiger partial charge in [-0.05, 0) is 89.9 Å². The lowest BCUT2D eigenvalue weighted by molar-refractivity contribution is -0.161. The summed E-state index contributed by atoms with van der Waals surface area (Å²) in [4.78, 5) is 24.7. The van der Waals surface area contributed by atoms with Crippen LogP contribution < -0.4 is 0 Å². The second-order valence-electron chi connectivity index (χ2n) is 12.9. The lowest BCUT2D eigenvalue weighted by Crippen LogP contribution is -2.25. The molecular formula is C42H74O7. The predicted octanol–water partition coefficient (Wildman–Crippen LogP) is 10.9. The third-order valence-corrected chi connectivity index (χ3v) is 8.08. The van der Waals surface area contributed by atoms with Crippen LogP contribution in [0.3, 0.4) is 0 Å². The summed E-state index contributed by atoms with van der Waals surface area (Å²) in [5, 5.41) is 9.72. The molecule has 0 fully saturated rings. The Morgan fingerprint density at radius 2 is 1.02 bits per heavy atom. The Bertz CT molecular complexity index is 824. The number of carbonyl (C=O) groups is 2. The summed E-state index contributed by atoms with van der Waals surface area (Å²) < 4.78 is 22.7. The van der Waals surface area contributed by atoms with Crippen LogP contribution in [0.5, 0.6) is 0 Å². The van der Waals surface area contributed by atoms with Crippen LogP contribution in [0.1, 0.15) is 162 Å². The number of unbranched alkanes of at least 4 members (excludes halogenated alkanes) is 12. The Hall–Kier alpha value is -2.22. The van der Waals surface area contributed by atoms with E-state index in [4.69, 9.17) is 18.9 Å². The first-order chi connectivity index (χ1) is 24.1. The van der Waals surface area contributed by atoms with Gasteiger partial charge in [0.15, 0.2) is 6.29 Å². The van der Waals surface area contributed by atoms with E-state index in [1.807, 2.05) is 0 Å². The molecule has 0 spiro atoms. The molecule has 0 aromatic heterocycles. The van der Waals surface area contributed by atoms with Gasteiger partial charge in [0.1, 0.15) is 0 Å². The summed E-state index contributed by atoms with van der Waals surface area (Å²) in [7, 11) is 0. The topological polar surface area (TPSA) is 91.3 Å². The molecule has 7 nitrogen and oxygen atoms in total. The van der Waals surface area contributed by atoms with E-state index >= 15 is 0 Å². The van der Waals surface area contributed by atoms with E-state index in [1.165, 1.54) is 32.1 Å². The van der Waals surface area contributed by atoms with Crippen LogP contribution in [-0.2, 0) is 28.5 Å². The van der Waals surface area contributed by atoms with E-state index in [0.717, 1.165) is 89.9 Å². The summed E-state index contributed by atoms with van der Waals surface area (Å²) in [6.07, 6.45) is 39.0. The molecule has 0 saturated heterocycles. The molecule has 0 aromatic rings. The van der Waals surface area contributed by atoms with Crippen LogP contribution in [0.15, 0.2) is 48.6 Å². The van der Waals surface area contributed by atoms with Gasteiger partial charge >= 0.3 is 11.9 Å². The van der Waals surface area contributed by atoms with Gasteiger partial charge in [-0.2, -0.15) is 0 Å². The lowest BCUT2D eigenvalue weighted by atomic mass is 10.1. The molecule has 7 heteroatoms. The quantitative estimate of drug-likeness (QED) is 0.0303. The zero-order valence-electron chi connectivity index (χ0n) is 31.8. The monoisotopic (exact) mass is 691 g/mol. The number of ether oxygens (including phenoxy) is 4. The fourth-order valence-corrected chi connectivity index (χ4v) is 4.98. The molecule has 0 radical (unpaired) electrons. The second kappa shape index (κ2) is 38.6. The van der Waals surface area contributed by atoms with Crippen LogP contribution in [0.2, 0.25) is 0 Å². The van der Waals surface area contributed by atoms with E-state index in [9.17, 15) is 14.7 Å². The van der Waals surface area contributed by atoms with Crippen molar-refractivity contribution >= 4 is 11.9 Å². The summed E-state index contributed by atoms with van der Waals surface area (Å²) in [6.45, 7) is 7.50. The molecule has 0 aliphatic rings. The zero-order chi connectivity index (χ0) is 35.9. The van der Waals surface area contributed by atoms with Gasteiger partial charge in [0.2, 0.25) is 0 Å². The van der Waals surface area contributed by atoms with Gasteiger partial charge in [0.25, 0.3) is 0 Å². The Morgan fingerprint density at radius 1 is 0.551 bits per heavy atom. The Balaban J connectivity index is 4.14. The zero-order valence-corrected chi connectivity index (χ0v) is 31.8. The molecule has 0 saturated carbocycles. The third-order valence-electron chi connectivity index (χ3n) is 8.08. The van der Waals surface area contributed by atoms with Crippen LogP contribution in [0.25, 0.3) is 0 Å². The predicted molar refractivity (Wildman–Crippen MR) is 203 cm³/mol. The van der Waals surface area contributed by atoms with Crippen molar-refractivity contribution in [2.45, 2.75) is 168 Å². The molecule has 0 aliphatic heterocycles. The fraction of sp³-hybridized carbons (Fsp3) is 0.762. The highest BCUT2D eigenvalue weighted by molar-refractivity contribution is 5.69. The van der Waals surface area contributed by atoms with Gasteiger partial charge in [-0.25, -0.2) is 0 Å². The van der Waals surface area contributed by atoms with E-state index in [2.05, 4.69) is 69.4 Å². The largest absolute Gasteiger partial charge is 0.465 e. The van der Waals surface area contributed by atoms with Gasteiger partial charge in [0.05, 0.1) is 32.2 Å². The van der Waals surface area contributed by atoms with E-state index < -0.39 is 12.2 Å². The summed E-state index contributed by atoms with van der Waals surface area (Å²) in [6, 6.07) is 0. The third kappa shape index (κ3) is 35.4. The van der Waals surface area contributed by atoms with Crippen molar-refractivity contribution in [2.75, 3.05) is 33.0 Å².